The number of rotatable bonds is 3. The molecule has 1 N–H and O–H groups in total. The van der Waals surface area contributed by atoms with Gasteiger partial charge >= 0.3 is 5.97 Å². The number of aryl methyl sites for hydroxylation is 1. The largest absolute Gasteiger partial charge is 0.480 e. The van der Waals surface area contributed by atoms with Crippen molar-refractivity contribution in [1.82, 2.24) is 9.88 Å². The molecule has 1 aliphatic heterocycles. The number of carbonyl (C=O) groups is 2. The quantitative estimate of drug-likeness (QED) is 0.851. The maximum atomic E-state index is 11.9. The monoisotopic (exact) mass is 284 g/mol. The molecule has 1 atom stereocenters. The Morgan fingerprint density at radius 1 is 1.61 bits per heavy atom. The molecule has 18 heavy (non-hydrogen) atoms. The van der Waals surface area contributed by atoms with Crippen molar-refractivity contribution >= 4 is 41.1 Å². The number of carboxylic acid groups (broad SMARTS) is 1. The van der Waals surface area contributed by atoms with E-state index in [1.165, 1.54) is 34.1 Å². The van der Waals surface area contributed by atoms with Gasteiger partial charge in [0.05, 0.1) is 16.6 Å². The van der Waals surface area contributed by atoms with Gasteiger partial charge < -0.3 is 10.0 Å². The molecule has 0 spiro atoms. The van der Waals surface area contributed by atoms with Gasteiger partial charge in [-0.3, -0.25) is 4.79 Å². The molecule has 7 heteroatoms. The third-order valence-electron chi connectivity index (χ3n) is 2.48. The van der Waals surface area contributed by atoms with E-state index in [4.69, 9.17) is 5.11 Å². The van der Waals surface area contributed by atoms with Gasteiger partial charge in [0.2, 0.25) is 5.91 Å². The molecule has 1 amide bonds. The second kappa shape index (κ2) is 5.53. The minimum atomic E-state index is -0.953. The summed E-state index contributed by atoms with van der Waals surface area (Å²) >= 11 is 2.96. The van der Waals surface area contributed by atoms with Gasteiger partial charge in [0, 0.05) is 17.2 Å². The number of aliphatic carboxylic acids is 1. The molecule has 5 nitrogen and oxygen atoms in total. The number of amides is 1. The van der Waals surface area contributed by atoms with Gasteiger partial charge in [0.1, 0.15) is 6.04 Å². The zero-order valence-corrected chi connectivity index (χ0v) is 11.3. The molecule has 2 rings (SSSR count). The van der Waals surface area contributed by atoms with E-state index in [1.54, 1.807) is 6.08 Å². The van der Waals surface area contributed by atoms with Gasteiger partial charge in [-0.05, 0) is 13.0 Å². The molecule has 1 aliphatic rings. The maximum Gasteiger partial charge on any atom is 0.327 e. The Morgan fingerprint density at radius 3 is 3.00 bits per heavy atom. The summed E-state index contributed by atoms with van der Waals surface area (Å²) < 4.78 is 0. The zero-order chi connectivity index (χ0) is 13.1. The SMILES string of the molecule is Cc1nc(/C=C/C(=O)N2CSCC2C(=O)O)cs1. The van der Waals surface area contributed by atoms with E-state index >= 15 is 0 Å². The van der Waals surface area contributed by atoms with Crippen LogP contribution in [0.2, 0.25) is 0 Å². The average Bonchev–Trinajstić information content (AvgIpc) is 2.94. The van der Waals surface area contributed by atoms with E-state index in [0.717, 1.165) is 10.7 Å². The van der Waals surface area contributed by atoms with E-state index in [0.29, 0.717) is 11.6 Å². The van der Waals surface area contributed by atoms with Crippen molar-refractivity contribution in [2.45, 2.75) is 13.0 Å². The molecule has 96 valence electrons. The molecular weight excluding hydrogens is 272 g/mol. The van der Waals surface area contributed by atoms with Crippen molar-refractivity contribution in [2.75, 3.05) is 11.6 Å². The van der Waals surface area contributed by atoms with Gasteiger partial charge in [-0.15, -0.1) is 23.1 Å². The molecule has 0 radical (unpaired) electrons. The number of nitrogens with zero attached hydrogens (tertiary/aromatic N) is 2. The summed E-state index contributed by atoms with van der Waals surface area (Å²) in [6.45, 7) is 1.89. The zero-order valence-electron chi connectivity index (χ0n) is 9.70. The summed E-state index contributed by atoms with van der Waals surface area (Å²) in [6.07, 6.45) is 3.00. The first kappa shape index (κ1) is 13.1. The fourth-order valence-electron chi connectivity index (χ4n) is 1.57. The van der Waals surface area contributed by atoms with Crippen molar-refractivity contribution in [3.63, 3.8) is 0 Å². The number of thioether (sulfide) groups is 1. The summed E-state index contributed by atoms with van der Waals surface area (Å²) in [7, 11) is 0. The number of carboxylic acids is 1. The highest BCUT2D eigenvalue weighted by molar-refractivity contribution is 7.99. The molecule has 1 aromatic heterocycles. The minimum Gasteiger partial charge on any atom is -0.480 e. The number of thiazole rings is 1. The number of hydrogen-bond acceptors (Lipinski definition) is 5. The van der Waals surface area contributed by atoms with Crippen LogP contribution < -0.4 is 0 Å². The first-order chi connectivity index (χ1) is 8.58. The average molecular weight is 284 g/mol. The Bertz CT molecular complexity index is 498. The molecule has 0 saturated carbocycles. The summed E-state index contributed by atoms with van der Waals surface area (Å²) in [5.74, 6) is -0.356. The summed E-state index contributed by atoms with van der Waals surface area (Å²) in [5, 5.41) is 11.8. The second-order valence-electron chi connectivity index (χ2n) is 3.79. The summed E-state index contributed by atoms with van der Waals surface area (Å²) in [5.41, 5.74) is 0.726. The molecule has 1 unspecified atom stereocenters. The van der Waals surface area contributed by atoms with Gasteiger partial charge in [-0.1, -0.05) is 0 Å². The normalized spacial score (nSPS) is 19.6. The van der Waals surface area contributed by atoms with E-state index in [2.05, 4.69) is 4.98 Å². The Morgan fingerprint density at radius 2 is 2.39 bits per heavy atom. The number of aromatic nitrogens is 1. The standard InChI is InChI=1S/C11H12N2O3S2/c1-7-12-8(4-18-7)2-3-10(14)13-6-17-5-9(13)11(15)16/h2-4,9H,5-6H2,1H3,(H,15,16)/b3-2+. The molecule has 1 aromatic rings. The third kappa shape index (κ3) is 2.91. The lowest BCUT2D eigenvalue weighted by molar-refractivity contribution is -0.146. The predicted molar refractivity (Wildman–Crippen MR) is 71.5 cm³/mol. The van der Waals surface area contributed by atoms with Crippen LogP contribution in [0.3, 0.4) is 0 Å². The molecule has 0 bridgehead atoms. The number of hydrogen-bond donors (Lipinski definition) is 1. The predicted octanol–water partition coefficient (Wildman–Crippen LogP) is 1.45. The smallest absolute Gasteiger partial charge is 0.327 e. The number of carbonyl (C=O) groups excluding carboxylic acids is 1. The Balaban J connectivity index is 2.03. The molecule has 0 aromatic carbocycles. The maximum absolute atomic E-state index is 11.9. The first-order valence-electron chi connectivity index (χ1n) is 5.29. The van der Waals surface area contributed by atoms with Crippen LogP contribution in [0, 0.1) is 6.92 Å². The highest BCUT2D eigenvalue weighted by Gasteiger charge is 2.33. The van der Waals surface area contributed by atoms with Crippen LogP contribution in [0.4, 0.5) is 0 Å². The fourth-order valence-corrected chi connectivity index (χ4v) is 3.31. The first-order valence-corrected chi connectivity index (χ1v) is 7.32. The Labute approximate surface area is 113 Å². The third-order valence-corrected chi connectivity index (χ3v) is 4.29. The fraction of sp³-hybridized carbons (Fsp3) is 0.364. The lowest BCUT2D eigenvalue weighted by Crippen LogP contribution is -2.40. The van der Waals surface area contributed by atoms with Gasteiger partial charge in [0.15, 0.2) is 0 Å². The van der Waals surface area contributed by atoms with Gasteiger partial charge in [-0.2, -0.15) is 0 Å². The Hall–Kier alpha value is -1.34. The van der Waals surface area contributed by atoms with Crippen LogP contribution in [-0.4, -0.2) is 44.5 Å². The topological polar surface area (TPSA) is 70.5 Å². The second-order valence-corrected chi connectivity index (χ2v) is 5.85. The van der Waals surface area contributed by atoms with Crippen molar-refractivity contribution in [3.05, 3.63) is 22.2 Å². The van der Waals surface area contributed by atoms with E-state index in [1.807, 2.05) is 12.3 Å². The molecule has 2 heterocycles. The molecule has 0 aliphatic carbocycles. The van der Waals surface area contributed by atoms with Crippen LogP contribution in [0.25, 0.3) is 6.08 Å². The summed E-state index contributed by atoms with van der Waals surface area (Å²) in [6, 6.07) is -0.718. The lowest BCUT2D eigenvalue weighted by atomic mass is 10.3. The van der Waals surface area contributed by atoms with E-state index < -0.39 is 12.0 Å². The van der Waals surface area contributed by atoms with Crippen LogP contribution in [0.5, 0.6) is 0 Å². The minimum absolute atomic E-state index is 0.280. The Kier molecular flexibility index (Phi) is 4.03. The molecule has 1 fully saturated rings. The highest BCUT2D eigenvalue weighted by Crippen LogP contribution is 2.21. The van der Waals surface area contributed by atoms with Gasteiger partial charge in [-0.25, -0.2) is 9.78 Å². The van der Waals surface area contributed by atoms with Crippen molar-refractivity contribution in [3.8, 4) is 0 Å². The lowest BCUT2D eigenvalue weighted by Gasteiger charge is -2.18. The summed E-state index contributed by atoms with van der Waals surface area (Å²) in [4.78, 5) is 28.4. The van der Waals surface area contributed by atoms with E-state index in [9.17, 15) is 9.59 Å². The van der Waals surface area contributed by atoms with Gasteiger partial charge in [0.25, 0.3) is 0 Å². The van der Waals surface area contributed by atoms with Crippen LogP contribution in [0.15, 0.2) is 11.5 Å². The van der Waals surface area contributed by atoms with Crippen LogP contribution in [-0.2, 0) is 9.59 Å². The van der Waals surface area contributed by atoms with Crippen molar-refractivity contribution in [2.24, 2.45) is 0 Å². The van der Waals surface area contributed by atoms with Crippen molar-refractivity contribution in [1.29, 1.82) is 0 Å². The van der Waals surface area contributed by atoms with Crippen molar-refractivity contribution < 1.29 is 14.7 Å². The van der Waals surface area contributed by atoms with Crippen LogP contribution in [0.1, 0.15) is 10.7 Å². The van der Waals surface area contributed by atoms with E-state index in [-0.39, 0.29) is 5.91 Å². The van der Waals surface area contributed by atoms with Crippen LogP contribution >= 0.6 is 23.1 Å². The molecule has 1 saturated heterocycles. The molecular formula is C11H12N2O3S2. The highest BCUT2D eigenvalue weighted by atomic mass is 32.2.